The number of carbonyl (C=O) groups is 3. The van der Waals surface area contributed by atoms with Crippen molar-refractivity contribution in [2.24, 2.45) is 17.6 Å². The number of carbonyl (C=O) groups excluding carboxylic acids is 1. The number of aryl methyl sites for hydroxylation is 1. The van der Waals surface area contributed by atoms with Gasteiger partial charge >= 0.3 is 11.9 Å². The van der Waals surface area contributed by atoms with Crippen molar-refractivity contribution in [3.8, 4) is 0 Å². The molecule has 0 amide bonds. The van der Waals surface area contributed by atoms with E-state index in [1.54, 1.807) is 0 Å². The van der Waals surface area contributed by atoms with Crippen molar-refractivity contribution < 1.29 is 24.6 Å². The summed E-state index contributed by atoms with van der Waals surface area (Å²) in [5, 5.41) is 22.1. The molecule has 5 N–H and O–H groups in total. The highest BCUT2D eigenvalue weighted by molar-refractivity contribution is 5.91. The monoisotopic (exact) mass is 404 g/mol. The molecule has 1 aromatic rings. The fourth-order valence-corrected chi connectivity index (χ4v) is 4.13. The Morgan fingerprint density at radius 3 is 2.31 bits per heavy atom. The van der Waals surface area contributed by atoms with E-state index in [0.29, 0.717) is 51.5 Å². The molecule has 1 unspecified atom stereocenters. The maximum atomic E-state index is 13.1. The Morgan fingerprint density at radius 1 is 1.00 bits per heavy atom. The van der Waals surface area contributed by atoms with E-state index < -0.39 is 35.9 Å². The van der Waals surface area contributed by atoms with E-state index >= 15 is 0 Å². The zero-order valence-corrected chi connectivity index (χ0v) is 16.8. The van der Waals surface area contributed by atoms with Crippen molar-refractivity contribution in [3.05, 3.63) is 35.9 Å². The molecule has 160 valence electrons. The minimum Gasteiger partial charge on any atom is -0.481 e. The molecule has 0 spiro atoms. The van der Waals surface area contributed by atoms with Gasteiger partial charge in [-0.1, -0.05) is 43.2 Å². The van der Waals surface area contributed by atoms with Crippen LogP contribution in [-0.2, 0) is 20.8 Å². The predicted octanol–water partition coefficient (Wildman–Crippen LogP) is 2.23. The summed E-state index contributed by atoms with van der Waals surface area (Å²) < 4.78 is 0. The minimum absolute atomic E-state index is 0.169. The molecule has 1 fully saturated rings. The third kappa shape index (κ3) is 6.94. The van der Waals surface area contributed by atoms with Crippen molar-refractivity contribution in [2.75, 3.05) is 6.54 Å². The van der Waals surface area contributed by atoms with Crippen molar-refractivity contribution in [1.82, 2.24) is 5.32 Å². The molecule has 1 saturated carbocycles. The Bertz CT molecular complexity index is 679. The predicted molar refractivity (Wildman–Crippen MR) is 109 cm³/mol. The summed E-state index contributed by atoms with van der Waals surface area (Å²) >= 11 is 0. The zero-order chi connectivity index (χ0) is 21.2. The van der Waals surface area contributed by atoms with E-state index in [9.17, 15) is 24.6 Å². The summed E-state index contributed by atoms with van der Waals surface area (Å²) in [6.07, 6.45) is 4.58. The third-order valence-electron chi connectivity index (χ3n) is 5.75. The lowest BCUT2D eigenvalue weighted by molar-refractivity contribution is -0.146. The number of unbranched alkanes of at least 4 members (excludes halogenated alkanes) is 1. The number of benzene rings is 1. The van der Waals surface area contributed by atoms with Crippen LogP contribution in [0.25, 0.3) is 0 Å². The Labute approximate surface area is 171 Å². The first kappa shape index (κ1) is 23.0. The second-order valence-electron chi connectivity index (χ2n) is 7.80. The van der Waals surface area contributed by atoms with Crippen molar-refractivity contribution in [2.45, 2.75) is 63.5 Å². The molecule has 1 aliphatic rings. The van der Waals surface area contributed by atoms with Gasteiger partial charge in [0.2, 0.25) is 0 Å². The smallest absolute Gasteiger partial charge is 0.320 e. The summed E-state index contributed by atoms with van der Waals surface area (Å²) in [5.74, 6) is -3.34. The van der Waals surface area contributed by atoms with Crippen molar-refractivity contribution in [1.29, 1.82) is 0 Å². The average Bonchev–Trinajstić information content (AvgIpc) is 3.20. The van der Waals surface area contributed by atoms with Gasteiger partial charge in [0.15, 0.2) is 5.78 Å². The number of aliphatic carboxylic acids is 2. The fourth-order valence-electron chi connectivity index (χ4n) is 4.13. The van der Waals surface area contributed by atoms with E-state index in [0.717, 1.165) is 12.0 Å². The van der Waals surface area contributed by atoms with Crippen LogP contribution in [0.2, 0.25) is 0 Å². The summed E-state index contributed by atoms with van der Waals surface area (Å²) in [4.78, 5) is 36.5. The lowest BCUT2D eigenvalue weighted by atomic mass is 9.86. The molecule has 0 bridgehead atoms. The first-order valence-corrected chi connectivity index (χ1v) is 10.4. The Hall–Kier alpha value is -2.25. The summed E-state index contributed by atoms with van der Waals surface area (Å²) in [5.41, 5.74) is 6.59. The number of Topliss-reactive ketones (excluding diaryl/α,β-unsaturated/α-hetero) is 1. The highest BCUT2D eigenvalue weighted by Crippen LogP contribution is 2.34. The van der Waals surface area contributed by atoms with Crippen LogP contribution < -0.4 is 11.1 Å². The molecule has 0 heterocycles. The molecular formula is C22H32N2O5. The summed E-state index contributed by atoms with van der Waals surface area (Å²) in [6, 6.07) is 8.07. The molecule has 1 aliphatic carbocycles. The third-order valence-corrected chi connectivity index (χ3v) is 5.75. The number of nitrogens with two attached hydrogens (primary N) is 1. The van der Waals surface area contributed by atoms with Crippen LogP contribution in [0.3, 0.4) is 0 Å². The van der Waals surface area contributed by atoms with Crippen LogP contribution in [0, 0.1) is 11.8 Å². The van der Waals surface area contributed by atoms with Gasteiger partial charge in [0.1, 0.15) is 6.04 Å². The Kier molecular flexibility index (Phi) is 9.28. The van der Waals surface area contributed by atoms with Gasteiger partial charge in [0, 0.05) is 5.92 Å². The maximum Gasteiger partial charge on any atom is 0.320 e. The number of hydrogen-bond acceptors (Lipinski definition) is 5. The van der Waals surface area contributed by atoms with Crippen molar-refractivity contribution in [3.63, 3.8) is 0 Å². The molecule has 1 aromatic carbocycles. The highest BCUT2D eigenvalue weighted by atomic mass is 16.4. The van der Waals surface area contributed by atoms with E-state index in [1.165, 1.54) is 0 Å². The number of rotatable bonds is 13. The van der Waals surface area contributed by atoms with Crippen LogP contribution in [0.1, 0.15) is 50.5 Å². The molecule has 4 atom stereocenters. The molecule has 0 radical (unpaired) electrons. The molecular weight excluding hydrogens is 372 g/mol. The molecule has 7 nitrogen and oxygen atoms in total. The van der Waals surface area contributed by atoms with Gasteiger partial charge in [-0.2, -0.15) is 0 Å². The number of carboxylic acids is 2. The maximum absolute atomic E-state index is 13.1. The normalized spacial score (nSPS) is 20.9. The van der Waals surface area contributed by atoms with E-state index in [-0.39, 0.29) is 5.78 Å². The molecule has 7 heteroatoms. The standard InChI is InChI=1S/C22H32N2O5/c23-14-5-4-11-18(20(25)16-9-6-10-17(16)21(26)27)24-19(22(28)29)13-12-15-7-2-1-3-8-15/h1-3,7-8,16-19,24H,4-6,9-14,23H2,(H,26,27)(H,28,29)/t16?,17-,18+,19+/m0/s1. The lowest BCUT2D eigenvalue weighted by Gasteiger charge is -2.26. The summed E-state index contributed by atoms with van der Waals surface area (Å²) in [7, 11) is 0. The van der Waals surface area contributed by atoms with E-state index in [1.807, 2.05) is 30.3 Å². The average molecular weight is 405 g/mol. The van der Waals surface area contributed by atoms with Gasteiger partial charge in [0.05, 0.1) is 12.0 Å². The SMILES string of the molecule is NCCCC[C@@H](N[C@H](CCc1ccccc1)C(=O)O)C(=O)C1CCC[C@@H]1C(=O)O. The van der Waals surface area contributed by atoms with Gasteiger partial charge in [0.25, 0.3) is 0 Å². The number of carboxylic acid groups (broad SMARTS) is 2. The first-order valence-electron chi connectivity index (χ1n) is 10.4. The van der Waals surface area contributed by atoms with Crippen LogP contribution in [0.5, 0.6) is 0 Å². The highest BCUT2D eigenvalue weighted by Gasteiger charge is 2.40. The largest absolute Gasteiger partial charge is 0.481 e. The van der Waals surface area contributed by atoms with Crippen LogP contribution in [0.4, 0.5) is 0 Å². The summed E-state index contributed by atoms with van der Waals surface area (Å²) in [6.45, 7) is 0.498. The van der Waals surface area contributed by atoms with E-state index in [4.69, 9.17) is 5.73 Å². The Morgan fingerprint density at radius 2 is 1.69 bits per heavy atom. The molecule has 29 heavy (non-hydrogen) atoms. The molecule has 0 aliphatic heterocycles. The van der Waals surface area contributed by atoms with Gasteiger partial charge in [-0.25, -0.2) is 0 Å². The second kappa shape index (κ2) is 11.7. The lowest BCUT2D eigenvalue weighted by Crippen LogP contribution is -2.50. The Balaban J connectivity index is 2.08. The minimum atomic E-state index is -1.00. The molecule has 2 rings (SSSR count). The molecule has 0 saturated heterocycles. The second-order valence-corrected chi connectivity index (χ2v) is 7.80. The number of hydrogen-bond donors (Lipinski definition) is 4. The van der Waals surface area contributed by atoms with Gasteiger partial charge in [-0.3, -0.25) is 19.7 Å². The van der Waals surface area contributed by atoms with Crippen LogP contribution in [-0.4, -0.2) is 46.6 Å². The first-order chi connectivity index (χ1) is 13.9. The van der Waals surface area contributed by atoms with Gasteiger partial charge in [-0.15, -0.1) is 0 Å². The zero-order valence-electron chi connectivity index (χ0n) is 16.8. The van der Waals surface area contributed by atoms with E-state index in [2.05, 4.69) is 5.32 Å². The van der Waals surface area contributed by atoms with Gasteiger partial charge in [-0.05, 0) is 50.6 Å². The van der Waals surface area contributed by atoms with Gasteiger partial charge < -0.3 is 15.9 Å². The molecule has 0 aromatic heterocycles. The number of nitrogens with one attached hydrogen (secondary N) is 1. The fraction of sp³-hybridized carbons (Fsp3) is 0.591. The quantitative estimate of drug-likeness (QED) is 0.371. The topological polar surface area (TPSA) is 130 Å². The van der Waals surface area contributed by atoms with Crippen LogP contribution in [0.15, 0.2) is 30.3 Å². The van der Waals surface area contributed by atoms with Crippen molar-refractivity contribution >= 4 is 17.7 Å². The van der Waals surface area contributed by atoms with Crippen LogP contribution >= 0.6 is 0 Å². The number of ketones is 1.